The lowest BCUT2D eigenvalue weighted by Crippen LogP contribution is -2.30. The van der Waals surface area contributed by atoms with Crippen molar-refractivity contribution in [2.45, 2.75) is 19.9 Å². The van der Waals surface area contributed by atoms with Crippen molar-refractivity contribution in [3.8, 4) is 11.4 Å². The third kappa shape index (κ3) is 3.57. The Morgan fingerprint density at radius 1 is 1.08 bits per heavy atom. The van der Waals surface area contributed by atoms with Crippen LogP contribution in [0.4, 0.5) is 0 Å². The van der Waals surface area contributed by atoms with E-state index >= 15 is 0 Å². The van der Waals surface area contributed by atoms with Crippen molar-refractivity contribution in [3.63, 3.8) is 0 Å². The highest BCUT2D eigenvalue weighted by molar-refractivity contribution is 6.10. The van der Waals surface area contributed by atoms with Gasteiger partial charge in [0.1, 0.15) is 5.82 Å². The molecule has 5 nitrogen and oxygen atoms in total. The predicted molar refractivity (Wildman–Crippen MR) is 98.8 cm³/mol. The van der Waals surface area contributed by atoms with Crippen LogP contribution in [0.5, 0.6) is 0 Å². The van der Waals surface area contributed by atoms with Gasteiger partial charge in [-0.1, -0.05) is 60.2 Å². The van der Waals surface area contributed by atoms with Gasteiger partial charge in [0.25, 0.3) is 0 Å². The van der Waals surface area contributed by atoms with Crippen LogP contribution in [-0.2, 0) is 9.53 Å². The van der Waals surface area contributed by atoms with Gasteiger partial charge in [-0.2, -0.15) is 0 Å². The molecular formula is C21H20N2O3. The van der Waals surface area contributed by atoms with E-state index in [0.29, 0.717) is 11.4 Å². The largest absolute Gasteiger partial charge is 0.464 e. The molecule has 1 unspecified atom stereocenters. The summed E-state index contributed by atoms with van der Waals surface area (Å²) in [6.45, 7) is 3.92. The summed E-state index contributed by atoms with van der Waals surface area (Å²) in [5.74, 6) is -0.365. The molecule has 0 aliphatic rings. The second-order valence-electron chi connectivity index (χ2n) is 5.91. The molecule has 3 aromatic rings. The Balaban J connectivity index is 2.06. The van der Waals surface area contributed by atoms with Crippen molar-refractivity contribution < 1.29 is 14.3 Å². The van der Waals surface area contributed by atoms with Crippen LogP contribution in [0.2, 0.25) is 0 Å². The molecule has 0 saturated heterocycles. The number of ketones is 1. The molecule has 1 heterocycles. The summed E-state index contributed by atoms with van der Waals surface area (Å²) in [5, 5.41) is 0. The van der Waals surface area contributed by atoms with Crippen LogP contribution in [0, 0.1) is 6.92 Å². The van der Waals surface area contributed by atoms with Crippen molar-refractivity contribution in [2.24, 2.45) is 0 Å². The Kier molecular flexibility index (Phi) is 5.27. The van der Waals surface area contributed by atoms with Crippen LogP contribution in [-0.4, -0.2) is 27.9 Å². The van der Waals surface area contributed by atoms with E-state index in [1.165, 1.54) is 0 Å². The smallest absolute Gasteiger partial charge is 0.337 e. The number of carbonyl (C=O) groups is 2. The molecule has 0 spiro atoms. The normalized spacial score (nSPS) is 11.8. The minimum atomic E-state index is -1.11. The van der Waals surface area contributed by atoms with E-state index in [1.807, 2.05) is 37.3 Å². The van der Waals surface area contributed by atoms with E-state index in [-0.39, 0.29) is 12.4 Å². The molecule has 0 aliphatic carbocycles. The minimum absolute atomic E-state index is 0.200. The lowest BCUT2D eigenvalue weighted by atomic mass is 10.0. The molecule has 2 aromatic carbocycles. The summed E-state index contributed by atoms with van der Waals surface area (Å²) in [6, 6.07) is 15.4. The number of nitrogens with zero attached hydrogens (tertiary/aromatic N) is 2. The van der Waals surface area contributed by atoms with Gasteiger partial charge in [0.05, 0.1) is 6.61 Å². The molecule has 26 heavy (non-hydrogen) atoms. The summed E-state index contributed by atoms with van der Waals surface area (Å²) in [4.78, 5) is 30.0. The zero-order valence-corrected chi connectivity index (χ0v) is 14.8. The van der Waals surface area contributed by atoms with Crippen LogP contribution in [0.1, 0.15) is 28.9 Å². The molecule has 3 rings (SSSR count). The summed E-state index contributed by atoms with van der Waals surface area (Å²) >= 11 is 0. The monoisotopic (exact) mass is 348 g/mol. The van der Waals surface area contributed by atoms with Crippen molar-refractivity contribution >= 4 is 11.8 Å². The number of rotatable bonds is 6. The Hall–Kier alpha value is -3.21. The Morgan fingerprint density at radius 2 is 1.77 bits per heavy atom. The molecule has 0 saturated carbocycles. The number of Topliss-reactive ketones (excluding diaryl/α,β-unsaturated/α-hetero) is 1. The molecule has 0 fully saturated rings. The van der Waals surface area contributed by atoms with Crippen LogP contribution in [0.25, 0.3) is 11.4 Å². The first-order chi connectivity index (χ1) is 12.6. The number of aryl methyl sites for hydroxylation is 1. The van der Waals surface area contributed by atoms with Crippen LogP contribution in [0.3, 0.4) is 0 Å². The van der Waals surface area contributed by atoms with Crippen LogP contribution in [0.15, 0.2) is 67.0 Å². The number of carbonyl (C=O) groups excluding carboxylic acids is 2. The number of hydrogen-bond donors (Lipinski definition) is 0. The fraction of sp³-hybridized carbons (Fsp3) is 0.190. The molecule has 1 atom stereocenters. The summed E-state index contributed by atoms with van der Waals surface area (Å²) in [5.41, 5.74) is 2.40. The maximum Gasteiger partial charge on any atom is 0.337 e. The first-order valence-corrected chi connectivity index (χ1v) is 8.47. The third-order valence-corrected chi connectivity index (χ3v) is 4.07. The average molecular weight is 348 g/mol. The van der Waals surface area contributed by atoms with E-state index in [2.05, 4.69) is 4.98 Å². The highest BCUT2D eigenvalue weighted by Crippen LogP contribution is 2.25. The topological polar surface area (TPSA) is 61.2 Å². The summed E-state index contributed by atoms with van der Waals surface area (Å²) < 4.78 is 6.75. The first-order valence-electron chi connectivity index (χ1n) is 8.47. The van der Waals surface area contributed by atoms with E-state index in [9.17, 15) is 9.59 Å². The van der Waals surface area contributed by atoms with Gasteiger partial charge in [-0.25, -0.2) is 9.78 Å². The predicted octanol–water partition coefficient (Wildman–Crippen LogP) is 3.85. The van der Waals surface area contributed by atoms with Crippen molar-refractivity contribution in [2.75, 3.05) is 6.61 Å². The molecule has 0 N–H and O–H groups in total. The van der Waals surface area contributed by atoms with Crippen LogP contribution < -0.4 is 0 Å². The van der Waals surface area contributed by atoms with E-state index in [4.69, 9.17) is 4.74 Å². The molecule has 0 radical (unpaired) electrons. The molecular weight excluding hydrogens is 328 g/mol. The second kappa shape index (κ2) is 7.78. The van der Waals surface area contributed by atoms with Gasteiger partial charge in [0, 0.05) is 23.5 Å². The van der Waals surface area contributed by atoms with Gasteiger partial charge in [0.15, 0.2) is 11.8 Å². The number of hydrogen-bond acceptors (Lipinski definition) is 4. The molecule has 1 aromatic heterocycles. The van der Waals surface area contributed by atoms with Gasteiger partial charge < -0.3 is 9.30 Å². The van der Waals surface area contributed by atoms with Gasteiger partial charge in [-0.05, 0) is 13.8 Å². The zero-order chi connectivity index (χ0) is 18.5. The van der Waals surface area contributed by atoms with E-state index in [1.54, 1.807) is 48.1 Å². The Bertz CT molecular complexity index is 899. The number of ether oxygens (including phenoxy) is 1. The third-order valence-electron chi connectivity index (χ3n) is 4.07. The Labute approximate surface area is 152 Å². The standard InChI is InChI=1S/C21H20N2O3/c1-3-26-21(25)18(19(24)16-7-5-4-6-8-16)23-14-13-22-20(23)17-11-9-15(2)10-12-17/h4-14,18H,3H2,1-2H3. The maximum absolute atomic E-state index is 13.0. The van der Waals surface area contributed by atoms with Crippen molar-refractivity contribution in [1.82, 2.24) is 9.55 Å². The number of esters is 1. The highest BCUT2D eigenvalue weighted by atomic mass is 16.5. The SMILES string of the molecule is CCOC(=O)C(C(=O)c1ccccc1)n1ccnc1-c1ccc(C)cc1. The quantitative estimate of drug-likeness (QED) is 0.386. The molecule has 0 amide bonds. The Morgan fingerprint density at radius 3 is 2.42 bits per heavy atom. The first kappa shape index (κ1) is 17.6. The fourth-order valence-electron chi connectivity index (χ4n) is 2.78. The maximum atomic E-state index is 13.0. The minimum Gasteiger partial charge on any atom is -0.464 e. The summed E-state index contributed by atoms with van der Waals surface area (Å²) in [7, 11) is 0. The molecule has 0 aliphatic heterocycles. The second-order valence-corrected chi connectivity index (χ2v) is 5.91. The molecule has 132 valence electrons. The number of imidazole rings is 1. The van der Waals surface area contributed by atoms with Crippen LogP contribution >= 0.6 is 0 Å². The molecule has 5 heteroatoms. The zero-order valence-electron chi connectivity index (χ0n) is 14.8. The van der Waals surface area contributed by atoms with Crippen molar-refractivity contribution in [3.05, 3.63) is 78.1 Å². The lowest BCUT2D eigenvalue weighted by Gasteiger charge is -2.18. The fourth-order valence-corrected chi connectivity index (χ4v) is 2.78. The average Bonchev–Trinajstić information content (AvgIpc) is 3.12. The number of benzene rings is 2. The van der Waals surface area contributed by atoms with Crippen molar-refractivity contribution in [1.29, 1.82) is 0 Å². The summed E-state index contributed by atoms with van der Waals surface area (Å²) in [6.07, 6.45) is 3.22. The van der Waals surface area contributed by atoms with E-state index in [0.717, 1.165) is 11.1 Å². The van der Waals surface area contributed by atoms with Gasteiger partial charge in [-0.3, -0.25) is 4.79 Å². The number of aromatic nitrogens is 2. The highest BCUT2D eigenvalue weighted by Gasteiger charge is 2.32. The van der Waals surface area contributed by atoms with E-state index < -0.39 is 12.0 Å². The van der Waals surface area contributed by atoms with Gasteiger partial charge in [-0.15, -0.1) is 0 Å². The lowest BCUT2D eigenvalue weighted by molar-refractivity contribution is -0.145. The van der Waals surface area contributed by atoms with Gasteiger partial charge in [0.2, 0.25) is 0 Å². The molecule has 0 bridgehead atoms. The van der Waals surface area contributed by atoms with Gasteiger partial charge >= 0.3 is 5.97 Å².